The summed E-state index contributed by atoms with van der Waals surface area (Å²) in [4.78, 5) is 12.2. The van der Waals surface area contributed by atoms with E-state index < -0.39 is 0 Å². The van der Waals surface area contributed by atoms with Crippen molar-refractivity contribution in [3.63, 3.8) is 0 Å². The predicted octanol–water partition coefficient (Wildman–Crippen LogP) is 4.16. The molecule has 1 aliphatic rings. The molecule has 4 nitrogen and oxygen atoms in total. The predicted molar refractivity (Wildman–Crippen MR) is 77.6 cm³/mol. The number of carbonyl (C=O) groups excluding carboxylic acids is 1. The molecule has 3 rings (SSSR count). The largest absolute Gasteiger partial charge is 0.462 e. The Kier molecular flexibility index (Phi) is 3.61. The SMILES string of the molecule is CCOC(=O)c1c(-c2cccc(Br)c2)noc1C1CC1. The molecule has 0 aliphatic heterocycles. The van der Waals surface area contributed by atoms with Crippen molar-refractivity contribution in [2.24, 2.45) is 0 Å². The highest BCUT2D eigenvalue weighted by molar-refractivity contribution is 9.10. The first-order valence-electron chi connectivity index (χ1n) is 6.63. The summed E-state index contributed by atoms with van der Waals surface area (Å²) in [6, 6.07) is 7.65. The number of carbonyl (C=O) groups is 1. The molecule has 1 heterocycles. The van der Waals surface area contributed by atoms with E-state index in [0.717, 1.165) is 22.9 Å². The van der Waals surface area contributed by atoms with Crippen molar-refractivity contribution in [2.45, 2.75) is 25.7 Å². The van der Waals surface area contributed by atoms with Crippen molar-refractivity contribution in [1.82, 2.24) is 5.16 Å². The van der Waals surface area contributed by atoms with E-state index >= 15 is 0 Å². The third kappa shape index (κ3) is 2.50. The molecule has 1 aromatic heterocycles. The molecule has 0 unspecified atom stereocenters. The van der Waals surface area contributed by atoms with Crippen molar-refractivity contribution in [3.05, 3.63) is 40.1 Å². The average molecular weight is 336 g/mol. The van der Waals surface area contributed by atoms with E-state index in [1.807, 2.05) is 24.3 Å². The van der Waals surface area contributed by atoms with Crippen LogP contribution in [-0.2, 0) is 4.74 Å². The van der Waals surface area contributed by atoms with Gasteiger partial charge < -0.3 is 9.26 Å². The fraction of sp³-hybridized carbons (Fsp3) is 0.333. The van der Waals surface area contributed by atoms with Crippen LogP contribution in [-0.4, -0.2) is 17.7 Å². The second-order valence-electron chi connectivity index (χ2n) is 4.78. The molecule has 2 aromatic rings. The van der Waals surface area contributed by atoms with E-state index in [1.54, 1.807) is 6.92 Å². The Labute approximate surface area is 125 Å². The van der Waals surface area contributed by atoms with Crippen molar-refractivity contribution < 1.29 is 14.1 Å². The number of nitrogens with zero attached hydrogens (tertiary/aromatic N) is 1. The van der Waals surface area contributed by atoms with Crippen LogP contribution in [0.15, 0.2) is 33.3 Å². The lowest BCUT2D eigenvalue weighted by Crippen LogP contribution is -2.07. The van der Waals surface area contributed by atoms with E-state index in [-0.39, 0.29) is 5.97 Å². The molecule has 0 amide bonds. The lowest BCUT2D eigenvalue weighted by atomic mass is 10.0. The van der Waals surface area contributed by atoms with Crippen LogP contribution in [0.25, 0.3) is 11.3 Å². The summed E-state index contributed by atoms with van der Waals surface area (Å²) >= 11 is 3.43. The maximum Gasteiger partial charge on any atom is 0.344 e. The quantitative estimate of drug-likeness (QED) is 0.787. The number of hydrogen-bond donors (Lipinski definition) is 0. The van der Waals surface area contributed by atoms with Crippen LogP contribution >= 0.6 is 15.9 Å². The Morgan fingerprint density at radius 1 is 1.50 bits per heavy atom. The molecule has 20 heavy (non-hydrogen) atoms. The number of ether oxygens (including phenoxy) is 1. The summed E-state index contributed by atoms with van der Waals surface area (Å²) in [5.41, 5.74) is 1.89. The molecule has 0 spiro atoms. The molecule has 0 N–H and O–H groups in total. The van der Waals surface area contributed by atoms with Gasteiger partial charge in [0.05, 0.1) is 6.61 Å². The fourth-order valence-electron chi connectivity index (χ4n) is 2.16. The van der Waals surface area contributed by atoms with Gasteiger partial charge in [-0.25, -0.2) is 4.79 Å². The highest BCUT2D eigenvalue weighted by Gasteiger charge is 2.36. The van der Waals surface area contributed by atoms with Crippen LogP contribution in [0.2, 0.25) is 0 Å². The average Bonchev–Trinajstić information content (AvgIpc) is 3.17. The Balaban J connectivity index is 2.08. The van der Waals surface area contributed by atoms with Crippen LogP contribution in [0.5, 0.6) is 0 Å². The number of aromatic nitrogens is 1. The molecule has 104 valence electrons. The van der Waals surface area contributed by atoms with E-state index in [0.29, 0.717) is 29.5 Å². The Bertz CT molecular complexity index is 646. The zero-order valence-corrected chi connectivity index (χ0v) is 12.6. The molecule has 0 radical (unpaired) electrons. The van der Waals surface area contributed by atoms with Crippen molar-refractivity contribution in [2.75, 3.05) is 6.61 Å². The van der Waals surface area contributed by atoms with Gasteiger partial charge in [0.15, 0.2) is 5.76 Å². The number of rotatable bonds is 4. The Morgan fingerprint density at radius 2 is 2.30 bits per heavy atom. The van der Waals surface area contributed by atoms with Gasteiger partial charge in [-0.05, 0) is 31.9 Å². The van der Waals surface area contributed by atoms with Crippen molar-refractivity contribution in [3.8, 4) is 11.3 Å². The molecular weight excluding hydrogens is 322 g/mol. The first-order valence-corrected chi connectivity index (χ1v) is 7.42. The molecule has 0 atom stereocenters. The van der Waals surface area contributed by atoms with Crippen molar-refractivity contribution in [1.29, 1.82) is 0 Å². The maximum atomic E-state index is 12.2. The van der Waals surface area contributed by atoms with Crippen LogP contribution in [0.1, 0.15) is 41.8 Å². The molecule has 0 saturated heterocycles. The molecule has 1 aliphatic carbocycles. The monoisotopic (exact) mass is 335 g/mol. The molecule has 5 heteroatoms. The topological polar surface area (TPSA) is 52.3 Å². The van der Waals surface area contributed by atoms with Gasteiger partial charge in [0.2, 0.25) is 0 Å². The van der Waals surface area contributed by atoms with E-state index in [1.165, 1.54) is 0 Å². The highest BCUT2D eigenvalue weighted by Crippen LogP contribution is 2.44. The van der Waals surface area contributed by atoms with Gasteiger partial charge in [0.25, 0.3) is 0 Å². The normalized spacial score (nSPS) is 14.3. The van der Waals surface area contributed by atoms with Gasteiger partial charge >= 0.3 is 5.97 Å². The zero-order valence-electron chi connectivity index (χ0n) is 11.1. The van der Waals surface area contributed by atoms with Crippen LogP contribution in [0.3, 0.4) is 0 Å². The summed E-state index contributed by atoms with van der Waals surface area (Å²) in [6.45, 7) is 2.13. The van der Waals surface area contributed by atoms with E-state index in [4.69, 9.17) is 9.26 Å². The number of benzene rings is 1. The van der Waals surface area contributed by atoms with Crippen LogP contribution in [0, 0.1) is 0 Å². The third-order valence-corrected chi connectivity index (χ3v) is 3.74. The number of esters is 1. The first-order chi connectivity index (χ1) is 9.70. The summed E-state index contributed by atoms with van der Waals surface area (Å²) in [5.74, 6) is 0.617. The minimum absolute atomic E-state index is 0.308. The van der Waals surface area contributed by atoms with Gasteiger partial charge in [0.1, 0.15) is 11.3 Å². The lowest BCUT2D eigenvalue weighted by Gasteiger charge is -2.04. The number of hydrogen-bond acceptors (Lipinski definition) is 4. The van der Waals surface area contributed by atoms with Gasteiger partial charge in [0, 0.05) is 16.0 Å². The molecule has 1 fully saturated rings. The van der Waals surface area contributed by atoms with Gasteiger partial charge in [-0.2, -0.15) is 0 Å². The van der Waals surface area contributed by atoms with Gasteiger partial charge in [-0.15, -0.1) is 0 Å². The minimum Gasteiger partial charge on any atom is -0.462 e. The van der Waals surface area contributed by atoms with E-state index in [9.17, 15) is 4.79 Å². The van der Waals surface area contributed by atoms with Crippen molar-refractivity contribution >= 4 is 21.9 Å². The highest BCUT2D eigenvalue weighted by atomic mass is 79.9. The second kappa shape index (κ2) is 5.40. The molecule has 0 bridgehead atoms. The Morgan fingerprint density at radius 3 is 2.95 bits per heavy atom. The number of halogens is 1. The minimum atomic E-state index is -0.356. The van der Waals surface area contributed by atoms with E-state index in [2.05, 4.69) is 21.1 Å². The summed E-state index contributed by atoms with van der Waals surface area (Å²) in [5, 5.41) is 4.10. The lowest BCUT2D eigenvalue weighted by molar-refractivity contribution is 0.0524. The standard InChI is InChI=1S/C15H14BrNO3/c1-2-19-15(18)12-13(10-4-3-5-11(16)8-10)17-20-14(12)9-6-7-9/h3-5,8-9H,2,6-7H2,1H3. The Hall–Kier alpha value is -1.62. The first kappa shape index (κ1) is 13.4. The van der Waals surface area contributed by atoms with Gasteiger partial charge in [-0.3, -0.25) is 0 Å². The second-order valence-corrected chi connectivity index (χ2v) is 5.69. The molecular formula is C15H14BrNO3. The molecule has 1 aromatic carbocycles. The summed E-state index contributed by atoms with van der Waals surface area (Å²) in [6.07, 6.45) is 2.08. The van der Waals surface area contributed by atoms with Crippen LogP contribution in [0.4, 0.5) is 0 Å². The summed E-state index contributed by atoms with van der Waals surface area (Å²) < 4.78 is 11.5. The van der Waals surface area contributed by atoms with Gasteiger partial charge in [-0.1, -0.05) is 33.2 Å². The fourth-order valence-corrected chi connectivity index (χ4v) is 2.56. The maximum absolute atomic E-state index is 12.2. The molecule has 1 saturated carbocycles. The third-order valence-electron chi connectivity index (χ3n) is 3.24. The zero-order chi connectivity index (χ0) is 14.1. The summed E-state index contributed by atoms with van der Waals surface area (Å²) in [7, 11) is 0. The smallest absolute Gasteiger partial charge is 0.344 e. The van der Waals surface area contributed by atoms with Crippen LogP contribution < -0.4 is 0 Å².